The number of hydrogen-bond acceptors (Lipinski definition) is 4. The van der Waals surface area contributed by atoms with E-state index in [0.29, 0.717) is 5.06 Å². The van der Waals surface area contributed by atoms with Gasteiger partial charge in [-0.2, -0.15) is 0 Å². The van der Waals surface area contributed by atoms with Gasteiger partial charge < -0.3 is 4.74 Å². The van der Waals surface area contributed by atoms with Crippen molar-refractivity contribution in [3.63, 3.8) is 0 Å². The summed E-state index contributed by atoms with van der Waals surface area (Å²) < 4.78 is 4.93. The van der Waals surface area contributed by atoms with Gasteiger partial charge in [-0.1, -0.05) is 41.7 Å². The van der Waals surface area contributed by atoms with E-state index < -0.39 is 0 Å². The number of hydrogen-bond donors (Lipinski definition) is 0. The zero-order valence-corrected chi connectivity index (χ0v) is 8.95. The Morgan fingerprint density at radius 3 is 2.73 bits per heavy atom. The molecule has 15 heavy (non-hydrogen) atoms. The Balaban J connectivity index is 2.24. The van der Waals surface area contributed by atoms with Crippen LogP contribution in [0, 0.1) is 0 Å². The van der Waals surface area contributed by atoms with Crippen LogP contribution in [0.2, 0.25) is 0 Å². The van der Waals surface area contributed by atoms with E-state index in [1.165, 1.54) is 18.3 Å². The molecule has 0 radical (unpaired) electrons. The predicted octanol–water partition coefficient (Wildman–Crippen LogP) is 2.74. The van der Waals surface area contributed by atoms with Crippen LogP contribution in [-0.2, 0) is 4.79 Å². The molecule has 0 amide bonds. The van der Waals surface area contributed by atoms with Gasteiger partial charge in [0.2, 0.25) is 5.06 Å². The Hall–Kier alpha value is -1.68. The summed E-state index contributed by atoms with van der Waals surface area (Å²) in [5.74, 6) is -0.321. The van der Waals surface area contributed by atoms with Crippen LogP contribution in [0.25, 0.3) is 10.6 Å². The molecular weight excluding hydrogens is 210 g/mol. The first kappa shape index (κ1) is 9.86. The maximum Gasteiger partial charge on any atom is 0.308 e. The number of rotatable bonds is 2. The molecule has 0 N–H and O–H groups in total. The fourth-order valence-corrected chi connectivity index (χ4v) is 1.98. The summed E-state index contributed by atoms with van der Waals surface area (Å²) in [6.45, 7) is 1.38. The van der Waals surface area contributed by atoms with Crippen LogP contribution in [-0.4, -0.2) is 11.0 Å². The number of thiazole rings is 1. The van der Waals surface area contributed by atoms with Crippen molar-refractivity contribution in [3.05, 3.63) is 36.5 Å². The minimum Gasteiger partial charge on any atom is -0.414 e. The fourth-order valence-electron chi connectivity index (χ4n) is 1.16. The minimum atomic E-state index is -0.321. The first-order valence-corrected chi connectivity index (χ1v) is 5.27. The normalized spacial score (nSPS) is 9.93. The van der Waals surface area contributed by atoms with Crippen LogP contribution >= 0.6 is 11.3 Å². The number of nitrogens with zero attached hydrogens (tertiary/aromatic N) is 1. The topological polar surface area (TPSA) is 39.2 Å². The third kappa shape index (κ3) is 2.41. The van der Waals surface area contributed by atoms with Crippen molar-refractivity contribution in [1.29, 1.82) is 0 Å². The van der Waals surface area contributed by atoms with Gasteiger partial charge in [0, 0.05) is 12.5 Å². The molecule has 0 saturated carbocycles. The highest BCUT2D eigenvalue weighted by molar-refractivity contribution is 7.16. The summed E-state index contributed by atoms with van der Waals surface area (Å²) in [5.41, 5.74) is 1.03. The van der Waals surface area contributed by atoms with Crippen molar-refractivity contribution in [2.45, 2.75) is 6.92 Å². The molecule has 0 fully saturated rings. The summed E-state index contributed by atoms with van der Waals surface area (Å²) >= 11 is 1.36. The minimum absolute atomic E-state index is 0.321. The molecule has 1 heterocycles. The van der Waals surface area contributed by atoms with Crippen molar-refractivity contribution in [3.8, 4) is 15.6 Å². The molecule has 0 atom stereocenters. The van der Waals surface area contributed by atoms with E-state index >= 15 is 0 Å². The summed E-state index contributed by atoms with van der Waals surface area (Å²) in [6.07, 6.45) is 1.56. The highest BCUT2D eigenvalue weighted by atomic mass is 32.1. The monoisotopic (exact) mass is 219 g/mol. The molecule has 0 bridgehead atoms. The van der Waals surface area contributed by atoms with E-state index in [9.17, 15) is 4.79 Å². The highest BCUT2D eigenvalue weighted by Crippen LogP contribution is 2.29. The molecular formula is C11H9NO2S. The standard InChI is InChI=1S/C11H9NO2S/c1-8(13)14-10-7-12-11(15-10)9-5-3-2-4-6-9/h2-7H,1H3. The van der Waals surface area contributed by atoms with Gasteiger partial charge in [-0.25, -0.2) is 4.98 Å². The summed E-state index contributed by atoms with van der Waals surface area (Å²) in [7, 11) is 0. The largest absolute Gasteiger partial charge is 0.414 e. The molecule has 0 aliphatic carbocycles. The third-order valence-corrected chi connectivity index (χ3v) is 2.67. The summed E-state index contributed by atoms with van der Waals surface area (Å²) in [6, 6.07) is 9.78. The molecule has 3 nitrogen and oxygen atoms in total. The van der Waals surface area contributed by atoms with Crippen LogP contribution in [0.5, 0.6) is 5.06 Å². The second kappa shape index (κ2) is 4.23. The Labute approximate surface area is 91.4 Å². The number of benzene rings is 1. The van der Waals surface area contributed by atoms with Crippen LogP contribution in [0.15, 0.2) is 36.5 Å². The van der Waals surface area contributed by atoms with Gasteiger partial charge >= 0.3 is 5.97 Å². The van der Waals surface area contributed by atoms with Gasteiger partial charge in [0.05, 0.1) is 6.20 Å². The Kier molecular flexibility index (Phi) is 2.78. The van der Waals surface area contributed by atoms with E-state index in [4.69, 9.17) is 4.74 Å². The number of carbonyl (C=O) groups is 1. The number of aromatic nitrogens is 1. The van der Waals surface area contributed by atoms with Crippen molar-refractivity contribution in [2.75, 3.05) is 0 Å². The smallest absolute Gasteiger partial charge is 0.308 e. The molecule has 2 rings (SSSR count). The van der Waals surface area contributed by atoms with Crippen molar-refractivity contribution < 1.29 is 9.53 Å². The maximum atomic E-state index is 10.7. The lowest BCUT2D eigenvalue weighted by Gasteiger charge is -1.94. The lowest BCUT2D eigenvalue weighted by atomic mass is 10.2. The Bertz CT molecular complexity index is 464. The molecule has 76 valence electrons. The van der Waals surface area contributed by atoms with E-state index in [2.05, 4.69) is 4.98 Å². The molecule has 0 unspecified atom stereocenters. The second-order valence-corrected chi connectivity index (χ2v) is 3.94. The average molecular weight is 219 g/mol. The number of esters is 1. The Morgan fingerprint density at radius 1 is 1.33 bits per heavy atom. The van der Waals surface area contributed by atoms with Gasteiger partial charge in [-0.3, -0.25) is 4.79 Å². The van der Waals surface area contributed by atoms with Crippen LogP contribution in [0.4, 0.5) is 0 Å². The molecule has 2 aromatic rings. The first-order valence-electron chi connectivity index (χ1n) is 4.45. The van der Waals surface area contributed by atoms with Crippen molar-refractivity contribution >= 4 is 17.3 Å². The van der Waals surface area contributed by atoms with Gasteiger partial charge in [-0.05, 0) is 0 Å². The average Bonchev–Trinajstić information content (AvgIpc) is 2.67. The highest BCUT2D eigenvalue weighted by Gasteiger charge is 2.06. The summed E-state index contributed by atoms with van der Waals surface area (Å²) in [5, 5.41) is 1.38. The van der Waals surface area contributed by atoms with E-state index in [-0.39, 0.29) is 5.97 Å². The van der Waals surface area contributed by atoms with E-state index in [0.717, 1.165) is 10.6 Å². The number of carbonyl (C=O) groups excluding carboxylic acids is 1. The molecule has 0 aliphatic rings. The maximum absolute atomic E-state index is 10.7. The SMILES string of the molecule is CC(=O)Oc1cnc(-c2ccccc2)s1. The lowest BCUT2D eigenvalue weighted by molar-refractivity contribution is -0.131. The van der Waals surface area contributed by atoms with E-state index in [1.807, 2.05) is 30.3 Å². The summed E-state index contributed by atoms with van der Waals surface area (Å²) in [4.78, 5) is 14.9. The van der Waals surface area contributed by atoms with Crippen LogP contribution in [0.1, 0.15) is 6.92 Å². The predicted molar refractivity (Wildman–Crippen MR) is 58.9 cm³/mol. The molecule has 0 aliphatic heterocycles. The lowest BCUT2D eigenvalue weighted by Crippen LogP contribution is -1.98. The van der Waals surface area contributed by atoms with Crippen molar-refractivity contribution in [2.24, 2.45) is 0 Å². The van der Waals surface area contributed by atoms with E-state index in [1.54, 1.807) is 6.20 Å². The van der Waals surface area contributed by atoms with Gasteiger partial charge in [0.15, 0.2) is 0 Å². The molecule has 4 heteroatoms. The van der Waals surface area contributed by atoms with Crippen LogP contribution in [0.3, 0.4) is 0 Å². The third-order valence-electron chi connectivity index (χ3n) is 1.75. The van der Waals surface area contributed by atoms with Crippen LogP contribution < -0.4 is 4.74 Å². The molecule has 0 spiro atoms. The Morgan fingerprint density at radius 2 is 2.07 bits per heavy atom. The second-order valence-electron chi connectivity index (χ2n) is 2.94. The first-order chi connectivity index (χ1) is 7.25. The fraction of sp³-hybridized carbons (Fsp3) is 0.0909. The van der Waals surface area contributed by atoms with Gasteiger partial charge in [-0.15, -0.1) is 0 Å². The zero-order valence-electron chi connectivity index (χ0n) is 8.14. The number of ether oxygens (including phenoxy) is 1. The van der Waals surface area contributed by atoms with Gasteiger partial charge in [0.25, 0.3) is 0 Å². The molecule has 0 saturated heterocycles. The van der Waals surface area contributed by atoms with Crippen molar-refractivity contribution in [1.82, 2.24) is 4.98 Å². The molecule has 1 aromatic heterocycles. The zero-order chi connectivity index (χ0) is 10.7. The van der Waals surface area contributed by atoms with Gasteiger partial charge in [0.1, 0.15) is 5.01 Å². The molecule has 1 aromatic carbocycles. The quantitative estimate of drug-likeness (QED) is 0.729.